The SMILES string of the molecule is Cc1c(C=O)cnn1-c1cccc(Cl)c1Cl. The zero-order valence-corrected chi connectivity index (χ0v) is 9.96. The number of carbonyl (C=O) groups excluding carboxylic acids is 1. The number of halogens is 2. The number of nitrogens with zero attached hydrogens (tertiary/aromatic N) is 2. The molecule has 82 valence electrons. The van der Waals surface area contributed by atoms with Gasteiger partial charge in [0.05, 0.1) is 33.2 Å². The standard InChI is InChI=1S/C11H8Cl2N2O/c1-7-8(6-16)5-14-15(7)10-4-2-3-9(12)11(10)13/h2-6H,1H3. The van der Waals surface area contributed by atoms with Gasteiger partial charge in [-0.1, -0.05) is 29.3 Å². The molecule has 0 aliphatic rings. The van der Waals surface area contributed by atoms with Crippen LogP contribution in [0.3, 0.4) is 0 Å². The van der Waals surface area contributed by atoms with E-state index >= 15 is 0 Å². The summed E-state index contributed by atoms with van der Waals surface area (Å²) < 4.78 is 1.60. The second-order valence-corrected chi connectivity index (χ2v) is 4.07. The molecule has 0 radical (unpaired) electrons. The van der Waals surface area contributed by atoms with Crippen molar-refractivity contribution in [1.29, 1.82) is 0 Å². The smallest absolute Gasteiger partial charge is 0.153 e. The van der Waals surface area contributed by atoms with E-state index in [-0.39, 0.29) is 0 Å². The van der Waals surface area contributed by atoms with Crippen LogP contribution in [0.15, 0.2) is 24.4 Å². The Bertz CT molecular complexity index is 549. The molecule has 0 fully saturated rings. The van der Waals surface area contributed by atoms with Gasteiger partial charge in [-0.15, -0.1) is 0 Å². The van der Waals surface area contributed by atoms with E-state index in [1.807, 2.05) is 0 Å². The molecule has 0 saturated heterocycles. The minimum Gasteiger partial charge on any atom is -0.298 e. The summed E-state index contributed by atoms with van der Waals surface area (Å²) in [4.78, 5) is 10.7. The Kier molecular flexibility index (Phi) is 2.99. The monoisotopic (exact) mass is 254 g/mol. The van der Waals surface area contributed by atoms with Crippen molar-refractivity contribution in [2.24, 2.45) is 0 Å². The summed E-state index contributed by atoms with van der Waals surface area (Å²) in [5.74, 6) is 0. The van der Waals surface area contributed by atoms with Crippen molar-refractivity contribution in [1.82, 2.24) is 9.78 Å². The van der Waals surface area contributed by atoms with Crippen molar-refractivity contribution < 1.29 is 4.79 Å². The molecule has 16 heavy (non-hydrogen) atoms. The molecule has 3 nitrogen and oxygen atoms in total. The largest absolute Gasteiger partial charge is 0.298 e. The molecule has 1 aromatic heterocycles. The zero-order chi connectivity index (χ0) is 11.7. The third-order valence-corrected chi connectivity index (χ3v) is 3.14. The Morgan fingerprint density at radius 2 is 2.12 bits per heavy atom. The van der Waals surface area contributed by atoms with Crippen LogP contribution in [0.5, 0.6) is 0 Å². The third-order valence-electron chi connectivity index (χ3n) is 2.33. The zero-order valence-electron chi connectivity index (χ0n) is 8.45. The third kappa shape index (κ3) is 1.72. The van der Waals surface area contributed by atoms with E-state index in [0.29, 0.717) is 21.3 Å². The van der Waals surface area contributed by atoms with Crippen molar-refractivity contribution in [2.75, 3.05) is 0 Å². The Balaban J connectivity index is 2.63. The van der Waals surface area contributed by atoms with Crippen LogP contribution in [0.2, 0.25) is 10.0 Å². The first kappa shape index (κ1) is 11.2. The van der Waals surface area contributed by atoms with Gasteiger partial charge in [0.15, 0.2) is 6.29 Å². The number of benzene rings is 1. The predicted octanol–water partition coefficient (Wildman–Crippen LogP) is 3.30. The van der Waals surface area contributed by atoms with Gasteiger partial charge in [-0.05, 0) is 19.1 Å². The number of aromatic nitrogens is 2. The first-order chi connectivity index (χ1) is 7.65. The average Bonchev–Trinajstić information content (AvgIpc) is 2.64. The summed E-state index contributed by atoms with van der Waals surface area (Å²) in [5, 5.41) is 4.98. The van der Waals surface area contributed by atoms with Crippen LogP contribution in [0.25, 0.3) is 5.69 Å². The van der Waals surface area contributed by atoms with Crippen LogP contribution < -0.4 is 0 Å². The lowest BCUT2D eigenvalue weighted by Crippen LogP contribution is -2.00. The van der Waals surface area contributed by atoms with Gasteiger partial charge in [-0.2, -0.15) is 5.10 Å². The fourth-order valence-corrected chi connectivity index (χ4v) is 1.81. The van der Waals surface area contributed by atoms with Gasteiger partial charge in [-0.25, -0.2) is 4.68 Å². The summed E-state index contributed by atoms with van der Waals surface area (Å²) >= 11 is 12.0. The molecule has 0 unspecified atom stereocenters. The molecule has 0 saturated carbocycles. The Hall–Kier alpha value is -1.32. The van der Waals surface area contributed by atoms with Gasteiger partial charge in [0, 0.05) is 0 Å². The molecule has 0 amide bonds. The maximum Gasteiger partial charge on any atom is 0.153 e. The first-order valence-corrected chi connectivity index (χ1v) is 5.35. The van der Waals surface area contributed by atoms with Crippen LogP contribution in [-0.2, 0) is 0 Å². The number of aldehydes is 1. The molecule has 0 spiro atoms. The summed E-state index contributed by atoms with van der Waals surface area (Å²) in [6.45, 7) is 1.80. The molecule has 0 atom stereocenters. The van der Waals surface area contributed by atoms with Gasteiger partial charge in [0.2, 0.25) is 0 Å². The highest BCUT2D eigenvalue weighted by molar-refractivity contribution is 6.43. The molecule has 1 heterocycles. The van der Waals surface area contributed by atoms with Crippen LogP contribution in [0, 0.1) is 6.92 Å². The average molecular weight is 255 g/mol. The molecule has 0 N–H and O–H groups in total. The topological polar surface area (TPSA) is 34.9 Å². The lowest BCUT2D eigenvalue weighted by molar-refractivity contribution is 0.112. The molecule has 5 heteroatoms. The first-order valence-electron chi connectivity index (χ1n) is 4.59. The summed E-state index contributed by atoms with van der Waals surface area (Å²) in [7, 11) is 0. The molecular formula is C11H8Cl2N2O. The number of rotatable bonds is 2. The summed E-state index contributed by atoms with van der Waals surface area (Å²) in [6.07, 6.45) is 2.26. The van der Waals surface area contributed by atoms with E-state index in [9.17, 15) is 4.79 Å². The minimum absolute atomic E-state index is 0.424. The molecular weight excluding hydrogens is 247 g/mol. The van der Waals surface area contributed by atoms with Crippen molar-refractivity contribution in [3.8, 4) is 5.69 Å². The van der Waals surface area contributed by atoms with Crippen molar-refractivity contribution in [2.45, 2.75) is 6.92 Å². The van der Waals surface area contributed by atoms with E-state index in [1.165, 1.54) is 6.20 Å². The maximum atomic E-state index is 10.7. The fourth-order valence-electron chi connectivity index (χ4n) is 1.44. The molecule has 0 aliphatic carbocycles. The molecule has 0 aliphatic heterocycles. The molecule has 2 rings (SSSR count). The minimum atomic E-state index is 0.424. The van der Waals surface area contributed by atoms with Gasteiger partial charge in [-0.3, -0.25) is 4.79 Å². The van der Waals surface area contributed by atoms with Gasteiger partial charge >= 0.3 is 0 Å². The molecule has 2 aromatic rings. The van der Waals surface area contributed by atoms with Crippen LogP contribution in [-0.4, -0.2) is 16.1 Å². The number of carbonyl (C=O) groups is 1. The normalized spacial score (nSPS) is 10.4. The van der Waals surface area contributed by atoms with E-state index in [0.717, 1.165) is 12.0 Å². The van der Waals surface area contributed by atoms with Crippen molar-refractivity contribution in [3.05, 3.63) is 45.7 Å². The molecule has 0 bridgehead atoms. The Morgan fingerprint density at radius 1 is 1.38 bits per heavy atom. The number of hydrogen-bond acceptors (Lipinski definition) is 2. The predicted molar refractivity (Wildman–Crippen MR) is 63.7 cm³/mol. The van der Waals surface area contributed by atoms with Gasteiger partial charge in [0.25, 0.3) is 0 Å². The lowest BCUT2D eigenvalue weighted by Gasteiger charge is -2.07. The van der Waals surface area contributed by atoms with E-state index in [2.05, 4.69) is 5.10 Å². The van der Waals surface area contributed by atoms with E-state index < -0.39 is 0 Å². The fraction of sp³-hybridized carbons (Fsp3) is 0.0909. The van der Waals surface area contributed by atoms with Crippen LogP contribution in [0.1, 0.15) is 16.1 Å². The lowest BCUT2D eigenvalue weighted by atomic mass is 10.2. The van der Waals surface area contributed by atoms with Gasteiger partial charge in [0.1, 0.15) is 0 Å². The Morgan fingerprint density at radius 3 is 2.75 bits per heavy atom. The quantitative estimate of drug-likeness (QED) is 0.771. The second-order valence-electron chi connectivity index (χ2n) is 3.29. The Labute approximate surface area is 103 Å². The van der Waals surface area contributed by atoms with E-state index in [1.54, 1.807) is 29.8 Å². The molecule has 1 aromatic carbocycles. The van der Waals surface area contributed by atoms with E-state index in [4.69, 9.17) is 23.2 Å². The van der Waals surface area contributed by atoms with Crippen molar-refractivity contribution >= 4 is 29.5 Å². The maximum absolute atomic E-state index is 10.7. The summed E-state index contributed by atoms with van der Waals surface area (Å²) in [6, 6.07) is 5.28. The highest BCUT2D eigenvalue weighted by atomic mass is 35.5. The second kappa shape index (κ2) is 4.28. The highest BCUT2D eigenvalue weighted by Crippen LogP contribution is 2.29. The number of hydrogen-bond donors (Lipinski definition) is 0. The van der Waals surface area contributed by atoms with Gasteiger partial charge < -0.3 is 0 Å². The summed E-state index contributed by atoms with van der Waals surface area (Å²) in [5.41, 5.74) is 1.94. The van der Waals surface area contributed by atoms with Crippen LogP contribution >= 0.6 is 23.2 Å². The van der Waals surface area contributed by atoms with Crippen molar-refractivity contribution in [3.63, 3.8) is 0 Å². The highest BCUT2D eigenvalue weighted by Gasteiger charge is 2.11. The van der Waals surface area contributed by atoms with Crippen LogP contribution in [0.4, 0.5) is 0 Å².